The monoisotopic (exact) mass is 270 g/mol. The van der Waals surface area contributed by atoms with Gasteiger partial charge in [-0.1, -0.05) is 11.8 Å². The number of nitrogens with one attached hydrogen (secondary N) is 2. The van der Waals surface area contributed by atoms with Crippen molar-refractivity contribution in [3.63, 3.8) is 0 Å². The van der Waals surface area contributed by atoms with Crippen LogP contribution in [-0.4, -0.2) is 42.0 Å². The van der Waals surface area contributed by atoms with Crippen LogP contribution in [0.1, 0.15) is 20.8 Å². The van der Waals surface area contributed by atoms with Crippen molar-refractivity contribution in [3.8, 4) is 0 Å². The summed E-state index contributed by atoms with van der Waals surface area (Å²) in [6, 6.07) is 1.89. The minimum absolute atomic E-state index is 0.209. The van der Waals surface area contributed by atoms with Crippen LogP contribution < -0.4 is 10.6 Å². The molecule has 6 heteroatoms. The molecule has 5 nitrogen and oxygen atoms in total. The van der Waals surface area contributed by atoms with Crippen molar-refractivity contribution in [1.29, 1.82) is 0 Å². The molecule has 0 aliphatic carbocycles. The quantitative estimate of drug-likeness (QED) is 0.586. The molecule has 0 aliphatic heterocycles. The molecule has 0 aliphatic rings. The summed E-state index contributed by atoms with van der Waals surface area (Å²) in [6.07, 6.45) is 1.96. The van der Waals surface area contributed by atoms with Crippen LogP contribution in [0.5, 0.6) is 0 Å². The summed E-state index contributed by atoms with van der Waals surface area (Å²) in [6.45, 7) is 7.51. The highest BCUT2D eigenvalue weighted by Crippen LogP contribution is 2.18. The fraction of sp³-hybridized carbons (Fsp3) is 0.667. The number of anilines is 2. The molecular formula is C12H22N4OS. The molecular weight excluding hydrogens is 248 g/mol. The summed E-state index contributed by atoms with van der Waals surface area (Å²) in [5.41, 5.74) is -0.209. The first-order valence-electron chi connectivity index (χ1n) is 5.99. The van der Waals surface area contributed by atoms with Crippen molar-refractivity contribution >= 4 is 23.4 Å². The van der Waals surface area contributed by atoms with Gasteiger partial charge < -0.3 is 15.4 Å². The Kier molecular flexibility index (Phi) is 5.68. The van der Waals surface area contributed by atoms with Gasteiger partial charge in [-0.25, -0.2) is 9.97 Å². The molecule has 0 saturated carbocycles. The summed E-state index contributed by atoms with van der Waals surface area (Å²) >= 11 is 1.52. The van der Waals surface area contributed by atoms with Gasteiger partial charge in [-0.3, -0.25) is 0 Å². The lowest BCUT2D eigenvalue weighted by molar-refractivity contribution is 0.000634. The summed E-state index contributed by atoms with van der Waals surface area (Å²) < 4.78 is 5.64. The van der Waals surface area contributed by atoms with Crippen LogP contribution >= 0.6 is 11.8 Å². The molecule has 2 N–H and O–H groups in total. The number of aromatic nitrogens is 2. The molecule has 1 aromatic heterocycles. The smallest absolute Gasteiger partial charge is 0.191 e. The van der Waals surface area contributed by atoms with Crippen molar-refractivity contribution in [2.45, 2.75) is 31.5 Å². The predicted molar refractivity (Wildman–Crippen MR) is 77.6 cm³/mol. The minimum atomic E-state index is -0.209. The highest BCUT2D eigenvalue weighted by molar-refractivity contribution is 7.98. The third-order valence-corrected chi connectivity index (χ3v) is 2.92. The van der Waals surface area contributed by atoms with Crippen LogP contribution in [0, 0.1) is 0 Å². The molecule has 0 spiro atoms. The molecule has 102 valence electrons. The van der Waals surface area contributed by atoms with Gasteiger partial charge in [0.2, 0.25) is 0 Å². The number of rotatable bonds is 7. The fourth-order valence-corrected chi connectivity index (χ4v) is 1.86. The number of hydrogen-bond donors (Lipinski definition) is 2. The number of thioether (sulfide) groups is 1. The van der Waals surface area contributed by atoms with Crippen molar-refractivity contribution in [2.75, 3.05) is 37.1 Å². The molecule has 1 rings (SSSR count). The third kappa shape index (κ3) is 4.70. The molecule has 0 amide bonds. The highest BCUT2D eigenvalue weighted by Gasteiger charge is 2.17. The Labute approximate surface area is 113 Å². The third-order valence-electron chi connectivity index (χ3n) is 2.37. The second-order valence-electron chi connectivity index (χ2n) is 4.42. The Morgan fingerprint density at radius 2 is 2.00 bits per heavy atom. The van der Waals surface area contributed by atoms with Crippen LogP contribution in [0.2, 0.25) is 0 Å². The second-order valence-corrected chi connectivity index (χ2v) is 5.19. The van der Waals surface area contributed by atoms with Gasteiger partial charge in [0.1, 0.15) is 11.6 Å². The maximum Gasteiger partial charge on any atom is 0.191 e. The molecule has 0 atom stereocenters. The first-order chi connectivity index (χ1) is 8.50. The fourth-order valence-electron chi connectivity index (χ4n) is 1.48. The summed E-state index contributed by atoms with van der Waals surface area (Å²) in [5, 5.41) is 7.07. The molecule has 0 fully saturated rings. The van der Waals surface area contributed by atoms with E-state index in [4.69, 9.17) is 4.74 Å². The van der Waals surface area contributed by atoms with Crippen molar-refractivity contribution in [3.05, 3.63) is 6.07 Å². The Bertz CT molecular complexity index is 362. The average molecular weight is 270 g/mol. The van der Waals surface area contributed by atoms with E-state index in [1.807, 2.05) is 26.3 Å². The highest BCUT2D eigenvalue weighted by atomic mass is 32.2. The van der Waals surface area contributed by atoms with Gasteiger partial charge in [0.05, 0.1) is 5.60 Å². The Balaban J connectivity index is 2.72. The summed E-state index contributed by atoms with van der Waals surface area (Å²) in [5.74, 6) is 1.62. The number of ether oxygens (including phenoxy) is 1. The molecule has 0 saturated heterocycles. The van der Waals surface area contributed by atoms with Crippen molar-refractivity contribution < 1.29 is 4.74 Å². The normalized spacial score (nSPS) is 11.4. The predicted octanol–water partition coefficient (Wildman–Crippen LogP) is 2.47. The zero-order valence-corrected chi connectivity index (χ0v) is 12.5. The first kappa shape index (κ1) is 15.0. The SMILES string of the molecule is CCOC(C)(C)CNc1cc(NC)nc(SC)n1. The van der Waals surface area contributed by atoms with E-state index in [1.165, 1.54) is 11.8 Å². The van der Waals surface area contributed by atoms with Gasteiger partial charge in [0.25, 0.3) is 0 Å². The van der Waals surface area contributed by atoms with Crippen LogP contribution in [0.15, 0.2) is 11.2 Å². The van der Waals surface area contributed by atoms with E-state index < -0.39 is 0 Å². The summed E-state index contributed by atoms with van der Waals surface area (Å²) in [7, 11) is 1.85. The van der Waals surface area contributed by atoms with E-state index in [0.717, 1.165) is 16.8 Å². The van der Waals surface area contributed by atoms with Crippen molar-refractivity contribution in [1.82, 2.24) is 9.97 Å². The van der Waals surface area contributed by atoms with Crippen LogP contribution in [0.4, 0.5) is 11.6 Å². The first-order valence-corrected chi connectivity index (χ1v) is 7.22. The topological polar surface area (TPSA) is 59.1 Å². The molecule has 0 unspecified atom stereocenters. The molecule has 18 heavy (non-hydrogen) atoms. The largest absolute Gasteiger partial charge is 0.374 e. The average Bonchev–Trinajstić information content (AvgIpc) is 2.36. The Morgan fingerprint density at radius 3 is 2.56 bits per heavy atom. The standard InChI is InChI=1S/C12H22N4OS/c1-6-17-12(2,3)8-14-10-7-9(13-4)15-11(16-10)18-5/h7H,6,8H2,1-5H3,(H2,13,14,15,16). The summed E-state index contributed by atoms with van der Waals surface area (Å²) in [4.78, 5) is 8.73. The molecule has 1 heterocycles. The van der Waals surface area contributed by atoms with Gasteiger partial charge in [0, 0.05) is 26.3 Å². The van der Waals surface area contributed by atoms with Crippen LogP contribution in [0.3, 0.4) is 0 Å². The molecule has 0 radical (unpaired) electrons. The maximum atomic E-state index is 5.64. The van der Waals surface area contributed by atoms with Gasteiger partial charge in [-0.05, 0) is 27.0 Å². The lowest BCUT2D eigenvalue weighted by Crippen LogP contribution is -2.33. The van der Waals surface area contributed by atoms with E-state index in [9.17, 15) is 0 Å². The number of hydrogen-bond acceptors (Lipinski definition) is 6. The van der Waals surface area contributed by atoms with Gasteiger partial charge in [0.15, 0.2) is 5.16 Å². The van der Waals surface area contributed by atoms with Gasteiger partial charge >= 0.3 is 0 Å². The number of nitrogens with zero attached hydrogens (tertiary/aromatic N) is 2. The zero-order valence-electron chi connectivity index (χ0n) is 11.7. The van der Waals surface area contributed by atoms with E-state index in [1.54, 1.807) is 0 Å². The Morgan fingerprint density at radius 1 is 1.33 bits per heavy atom. The van der Waals surface area contributed by atoms with E-state index >= 15 is 0 Å². The maximum absolute atomic E-state index is 5.64. The van der Waals surface area contributed by atoms with Crippen molar-refractivity contribution in [2.24, 2.45) is 0 Å². The van der Waals surface area contributed by atoms with Crippen LogP contribution in [-0.2, 0) is 4.74 Å². The molecule has 0 bridgehead atoms. The molecule has 1 aromatic rings. The van der Waals surface area contributed by atoms with Crippen LogP contribution in [0.25, 0.3) is 0 Å². The van der Waals surface area contributed by atoms with E-state index in [-0.39, 0.29) is 5.60 Å². The van der Waals surface area contributed by atoms with E-state index in [0.29, 0.717) is 13.2 Å². The van der Waals surface area contributed by atoms with Gasteiger partial charge in [-0.15, -0.1) is 0 Å². The minimum Gasteiger partial charge on any atom is -0.374 e. The lowest BCUT2D eigenvalue weighted by atomic mass is 10.1. The van der Waals surface area contributed by atoms with E-state index in [2.05, 4.69) is 34.4 Å². The van der Waals surface area contributed by atoms with Gasteiger partial charge in [-0.2, -0.15) is 0 Å². The molecule has 0 aromatic carbocycles. The Hall–Kier alpha value is -1.01. The zero-order chi connectivity index (χ0) is 13.6. The lowest BCUT2D eigenvalue weighted by Gasteiger charge is -2.25. The second kappa shape index (κ2) is 6.80.